The fourth-order valence-electron chi connectivity index (χ4n) is 3.69. The molecular formula is C26H20Cl2N2O4. The van der Waals surface area contributed by atoms with Gasteiger partial charge >= 0.3 is 5.97 Å². The second-order valence-electron chi connectivity index (χ2n) is 7.98. The number of hydrogen-bond donors (Lipinski definition) is 1. The van der Waals surface area contributed by atoms with Crippen molar-refractivity contribution in [2.24, 2.45) is 0 Å². The van der Waals surface area contributed by atoms with Crippen molar-refractivity contribution in [2.45, 2.75) is 20.8 Å². The highest BCUT2D eigenvalue weighted by Gasteiger charge is 2.39. The molecule has 34 heavy (non-hydrogen) atoms. The van der Waals surface area contributed by atoms with Gasteiger partial charge in [0.1, 0.15) is 16.5 Å². The molecule has 1 N–H and O–H groups in total. The van der Waals surface area contributed by atoms with Gasteiger partial charge in [-0.1, -0.05) is 29.3 Å². The number of anilines is 2. The van der Waals surface area contributed by atoms with Crippen molar-refractivity contribution in [3.8, 4) is 5.75 Å². The van der Waals surface area contributed by atoms with Gasteiger partial charge in [0.05, 0.1) is 11.3 Å². The molecule has 0 aliphatic carbocycles. The normalized spacial score (nSPS) is 13.5. The van der Waals surface area contributed by atoms with Gasteiger partial charge in [-0.15, -0.1) is 0 Å². The summed E-state index contributed by atoms with van der Waals surface area (Å²) in [7, 11) is 0. The second kappa shape index (κ2) is 9.33. The number of carbonyl (C=O) groups is 3. The van der Waals surface area contributed by atoms with E-state index in [9.17, 15) is 14.4 Å². The maximum Gasteiger partial charge on any atom is 0.343 e. The van der Waals surface area contributed by atoms with Crippen LogP contribution in [0.15, 0.2) is 71.4 Å². The molecule has 0 radical (unpaired) electrons. The summed E-state index contributed by atoms with van der Waals surface area (Å²) in [6, 6.07) is 16.7. The van der Waals surface area contributed by atoms with E-state index in [-0.39, 0.29) is 10.7 Å². The van der Waals surface area contributed by atoms with Crippen molar-refractivity contribution in [2.75, 3.05) is 10.2 Å². The number of hydrogen-bond acceptors (Lipinski definition) is 5. The Bertz CT molecular complexity index is 1340. The molecule has 2 amide bonds. The van der Waals surface area contributed by atoms with Gasteiger partial charge in [-0.05, 0) is 92.1 Å². The molecule has 1 aliphatic rings. The lowest BCUT2D eigenvalue weighted by atomic mass is 10.1. The fraction of sp³-hybridized carbons (Fsp3) is 0.115. The smallest absolute Gasteiger partial charge is 0.343 e. The molecule has 0 saturated carbocycles. The van der Waals surface area contributed by atoms with Gasteiger partial charge in [0, 0.05) is 10.7 Å². The number of halogens is 2. The molecular weight excluding hydrogens is 475 g/mol. The molecule has 4 rings (SSSR count). The van der Waals surface area contributed by atoms with Crippen molar-refractivity contribution in [3.05, 3.63) is 98.7 Å². The highest BCUT2D eigenvalue weighted by molar-refractivity contribution is 6.53. The number of nitrogens with zero attached hydrogens (tertiary/aromatic N) is 1. The van der Waals surface area contributed by atoms with Crippen LogP contribution in [-0.4, -0.2) is 17.8 Å². The van der Waals surface area contributed by atoms with Gasteiger partial charge in [0.2, 0.25) is 0 Å². The first-order chi connectivity index (χ1) is 16.1. The van der Waals surface area contributed by atoms with E-state index in [0.29, 0.717) is 33.3 Å². The first-order valence-corrected chi connectivity index (χ1v) is 11.1. The van der Waals surface area contributed by atoms with Crippen LogP contribution in [0.1, 0.15) is 27.0 Å². The molecule has 0 atom stereocenters. The molecule has 3 aromatic rings. The Morgan fingerprint density at radius 1 is 0.853 bits per heavy atom. The highest BCUT2D eigenvalue weighted by atomic mass is 35.5. The third-order valence-corrected chi connectivity index (χ3v) is 5.81. The minimum absolute atomic E-state index is 0.0495. The molecule has 0 saturated heterocycles. The van der Waals surface area contributed by atoms with E-state index in [2.05, 4.69) is 5.32 Å². The van der Waals surface area contributed by atoms with Crippen molar-refractivity contribution in [3.63, 3.8) is 0 Å². The summed E-state index contributed by atoms with van der Waals surface area (Å²) in [5, 5.41) is 3.16. The number of aryl methyl sites for hydroxylation is 3. The molecule has 3 aromatic carbocycles. The van der Waals surface area contributed by atoms with Crippen LogP contribution in [0.3, 0.4) is 0 Å². The van der Waals surface area contributed by atoms with Crippen molar-refractivity contribution < 1.29 is 19.1 Å². The number of esters is 1. The molecule has 0 spiro atoms. The first-order valence-electron chi connectivity index (χ1n) is 10.4. The number of benzene rings is 3. The zero-order valence-corrected chi connectivity index (χ0v) is 20.1. The van der Waals surface area contributed by atoms with Crippen molar-refractivity contribution in [1.29, 1.82) is 0 Å². The van der Waals surface area contributed by atoms with Gasteiger partial charge in [-0.3, -0.25) is 9.59 Å². The number of amides is 2. The van der Waals surface area contributed by atoms with E-state index in [1.165, 1.54) is 0 Å². The van der Waals surface area contributed by atoms with Gasteiger partial charge in [0.15, 0.2) is 0 Å². The maximum atomic E-state index is 13.0. The quantitative estimate of drug-likeness (QED) is 0.270. The Balaban J connectivity index is 1.50. The first kappa shape index (κ1) is 23.5. The van der Waals surface area contributed by atoms with Crippen LogP contribution in [0.4, 0.5) is 11.4 Å². The number of ether oxygens (including phenoxy) is 1. The Hall–Kier alpha value is -3.61. The lowest BCUT2D eigenvalue weighted by Crippen LogP contribution is -2.32. The van der Waals surface area contributed by atoms with E-state index >= 15 is 0 Å². The molecule has 0 unspecified atom stereocenters. The predicted octanol–water partition coefficient (Wildman–Crippen LogP) is 5.92. The Morgan fingerprint density at radius 3 is 2.12 bits per heavy atom. The van der Waals surface area contributed by atoms with Crippen LogP contribution in [0.25, 0.3) is 0 Å². The SMILES string of the molecule is Cc1cc(C)cc(OC(=O)c2ccc(NC3=C(Cl)C(=O)N(c4ccc(Cl)cc4C)C3=O)cc2)c1. The zero-order chi connectivity index (χ0) is 24.6. The van der Waals surface area contributed by atoms with Gasteiger partial charge in [0.25, 0.3) is 11.8 Å². The third-order valence-electron chi connectivity index (χ3n) is 5.22. The Labute approximate surface area is 206 Å². The average Bonchev–Trinajstić information content (AvgIpc) is 2.97. The van der Waals surface area contributed by atoms with Gasteiger partial charge < -0.3 is 10.1 Å². The largest absolute Gasteiger partial charge is 0.423 e. The second-order valence-corrected chi connectivity index (χ2v) is 8.80. The van der Waals surface area contributed by atoms with Gasteiger partial charge in [-0.2, -0.15) is 0 Å². The highest BCUT2D eigenvalue weighted by Crippen LogP contribution is 2.33. The molecule has 172 valence electrons. The van der Waals surface area contributed by atoms with Crippen LogP contribution in [0.5, 0.6) is 5.75 Å². The molecule has 6 nitrogen and oxygen atoms in total. The summed E-state index contributed by atoms with van der Waals surface area (Å²) in [5.74, 6) is -1.26. The van der Waals surface area contributed by atoms with E-state index in [4.69, 9.17) is 27.9 Å². The number of nitrogens with one attached hydrogen (secondary N) is 1. The van der Waals surface area contributed by atoms with E-state index in [1.54, 1.807) is 61.5 Å². The number of carbonyl (C=O) groups excluding carboxylic acids is 3. The summed E-state index contributed by atoms with van der Waals surface area (Å²) in [6.45, 7) is 5.60. The topological polar surface area (TPSA) is 75.7 Å². The molecule has 0 aromatic heterocycles. The minimum Gasteiger partial charge on any atom is -0.423 e. The maximum absolute atomic E-state index is 13.0. The third kappa shape index (κ3) is 4.69. The lowest BCUT2D eigenvalue weighted by Gasteiger charge is -2.17. The van der Waals surface area contributed by atoms with Crippen LogP contribution in [0, 0.1) is 20.8 Å². The zero-order valence-electron chi connectivity index (χ0n) is 18.6. The molecule has 8 heteroatoms. The Kier molecular flexibility index (Phi) is 6.46. The summed E-state index contributed by atoms with van der Waals surface area (Å²) in [4.78, 5) is 39.2. The van der Waals surface area contributed by atoms with Crippen LogP contribution < -0.4 is 15.0 Å². The average molecular weight is 495 g/mol. The van der Waals surface area contributed by atoms with Crippen LogP contribution in [-0.2, 0) is 9.59 Å². The molecule has 0 bridgehead atoms. The fourth-order valence-corrected chi connectivity index (χ4v) is 4.13. The predicted molar refractivity (Wildman–Crippen MR) is 133 cm³/mol. The van der Waals surface area contributed by atoms with Crippen LogP contribution >= 0.6 is 23.2 Å². The lowest BCUT2D eigenvalue weighted by molar-refractivity contribution is -0.120. The summed E-state index contributed by atoms with van der Waals surface area (Å²) >= 11 is 12.2. The molecule has 0 fully saturated rings. The Morgan fingerprint density at radius 2 is 1.50 bits per heavy atom. The monoisotopic (exact) mass is 494 g/mol. The van der Waals surface area contributed by atoms with Crippen LogP contribution in [0.2, 0.25) is 5.02 Å². The standard InChI is InChI=1S/C26H20Cl2N2O4/c1-14-10-15(2)12-20(11-14)34-26(33)17-4-7-19(8-5-17)29-23-22(28)24(31)30(25(23)32)21-9-6-18(27)13-16(21)3/h4-13,29H,1-3H3. The van der Waals surface area contributed by atoms with E-state index in [0.717, 1.165) is 16.0 Å². The minimum atomic E-state index is -0.631. The summed E-state index contributed by atoms with van der Waals surface area (Å²) in [6.07, 6.45) is 0. The van der Waals surface area contributed by atoms with Crippen molar-refractivity contribution >= 4 is 52.4 Å². The summed E-state index contributed by atoms with van der Waals surface area (Å²) in [5.41, 5.74) is 3.80. The number of imide groups is 1. The van der Waals surface area contributed by atoms with Crippen molar-refractivity contribution in [1.82, 2.24) is 0 Å². The van der Waals surface area contributed by atoms with Gasteiger partial charge in [-0.25, -0.2) is 9.69 Å². The van der Waals surface area contributed by atoms with E-state index < -0.39 is 17.8 Å². The number of rotatable bonds is 5. The molecule has 1 heterocycles. The summed E-state index contributed by atoms with van der Waals surface area (Å²) < 4.78 is 5.46. The van der Waals surface area contributed by atoms with E-state index in [1.807, 2.05) is 19.9 Å². The molecule has 1 aliphatic heterocycles.